The van der Waals surface area contributed by atoms with Gasteiger partial charge in [0.1, 0.15) is 6.61 Å². The lowest BCUT2D eigenvalue weighted by Gasteiger charge is -2.07. The van der Waals surface area contributed by atoms with Crippen molar-refractivity contribution < 1.29 is 4.74 Å². The van der Waals surface area contributed by atoms with Crippen molar-refractivity contribution in [1.29, 1.82) is 0 Å². The van der Waals surface area contributed by atoms with E-state index in [-0.39, 0.29) is 0 Å². The van der Waals surface area contributed by atoms with Crippen molar-refractivity contribution in [3.8, 4) is 5.88 Å². The lowest BCUT2D eigenvalue weighted by atomic mass is 10.2. The minimum absolute atomic E-state index is 0.436. The molecule has 1 heterocycles. The Morgan fingerprint density at radius 3 is 2.62 bits per heavy atom. The van der Waals surface area contributed by atoms with Gasteiger partial charge in [0.15, 0.2) is 0 Å². The van der Waals surface area contributed by atoms with Gasteiger partial charge in [-0.15, -0.1) is 0 Å². The number of hydrogen-bond donors (Lipinski definition) is 1. The summed E-state index contributed by atoms with van der Waals surface area (Å²) < 4.78 is 5.53. The van der Waals surface area contributed by atoms with E-state index in [9.17, 15) is 0 Å². The van der Waals surface area contributed by atoms with Gasteiger partial charge in [-0.1, -0.05) is 50.3 Å². The lowest BCUT2D eigenvalue weighted by Crippen LogP contribution is -2.22. The third kappa shape index (κ3) is 5.75. The standard InChI is InChI=1S/C17H21N3O/c1-14(2)18-11-16-12-20-17(13-19-16)21-10-6-9-15-7-4-3-5-8-15/h3-9,12-14,18H,10-11H2,1-2H3/b9-6+. The van der Waals surface area contributed by atoms with E-state index in [1.165, 1.54) is 0 Å². The van der Waals surface area contributed by atoms with Crippen LogP contribution in [0, 0.1) is 0 Å². The number of rotatable bonds is 7. The fourth-order valence-corrected chi connectivity index (χ4v) is 1.70. The van der Waals surface area contributed by atoms with Crippen LogP contribution >= 0.6 is 0 Å². The second-order valence-corrected chi connectivity index (χ2v) is 5.01. The fourth-order valence-electron chi connectivity index (χ4n) is 1.70. The highest BCUT2D eigenvalue weighted by molar-refractivity contribution is 5.48. The summed E-state index contributed by atoms with van der Waals surface area (Å²) in [6, 6.07) is 10.6. The minimum atomic E-state index is 0.436. The van der Waals surface area contributed by atoms with Crippen LogP contribution in [0.5, 0.6) is 5.88 Å². The minimum Gasteiger partial charge on any atom is -0.472 e. The molecule has 0 amide bonds. The highest BCUT2D eigenvalue weighted by Gasteiger charge is 1.99. The van der Waals surface area contributed by atoms with E-state index in [2.05, 4.69) is 29.1 Å². The molecule has 0 spiro atoms. The van der Waals surface area contributed by atoms with Crippen LogP contribution in [-0.2, 0) is 6.54 Å². The summed E-state index contributed by atoms with van der Waals surface area (Å²) in [7, 11) is 0. The summed E-state index contributed by atoms with van der Waals surface area (Å²) in [5.74, 6) is 0.543. The summed E-state index contributed by atoms with van der Waals surface area (Å²) in [5.41, 5.74) is 2.07. The Bertz CT molecular complexity index is 550. The third-order valence-corrected chi connectivity index (χ3v) is 2.81. The summed E-state index contributed by atoms with van der Waals surface area (Å²) in [5, 5.41) is 3.30. The van der Waals surface area contributed by atoms with Gasteiger partial charge in [-0.25, -0.2) is 4.98 Å². The predicted octanol–water partition coefficient (Wildman–Crippen LogP) is 3.07. The Morgan fingerprint density at radius 1 is 1.14 bits per heavy atom. The normalized spacial score (nSPS) is 11.2. The van der Waals surface area contributed by atoms with Crippen molar-refractivity contribution in [3.05, 3.63) is 60.1 Å². The van der Waals surface area contributed by atoms with Crippen molar-refractivity contribution >= 4 is 6.08 Å². The molecule has 0 saturated heterocycles. The molecule has 0 aliphatic carbocycles. The average molecular weight is 283 g/mol. The average Bonchev–Trinajstić information content (AvgIpc) is 2.52. The molecule has 0 atom stereocenters. The summed E-state index contributed by atoms with van der Waals surface area (Å²) >= 11 is 0. The Hall–Kier alpha value is -2.20. The van der Waals surface area contributed by atoms with Gasteiger partial charge in [0.05, 0.1) is 18.1 Å². The zero-order valence-electron chi connectivity index (χ0n) is 12.5. The monoisotopic (exact) mass is 283 g/mol. The van der Waals surface area contributed by atoms with Gasteiger partial charge in [-0.2, -0.15) is 0 Å². The SMILES string of the molecule is CC(C)NCc1cnc(OC/C=C/c2ccccc2)cn1. The van der Waals surface area contributed by atoms with Crippen LogP contribution in [0.15, 0.2) is 48.8 Å². The van der Waals surface area contributed by atoms with Gasteiger partial charge in [-0.05, 0) is 11.6 Å². The fraction of sp³-hybridized carbons (Fsp3) is 0.294. The molecule has 1 aromatic carbocycles. The molecule has 1 aromatic heterocycles. The number of ether oxygens (including phenoxy) is 1. The summed E-state index contributed by atoms with van der Waals surface area (Å²) in [6.45, 7) is 5.40. The molecule has 4 nitrogen and oxygen atoms in total. The van der Waals surface area contributed by atoms with Crippen molar-refractivity contribution in [2.24, 2.45) is 0 Å². The zero-order chi connectivity index (χ0) is 14.9. The topological polar surface area (TPSA) is 47.0 Å². The van der Waals surface area contributed by atoms with Crippen LogP contribution in [-0.4, -0.2) is 22.6 Å². The molecule has 2 aromatic rings. The molecular weight excluding hydrogens is 262 g/mol. The number of benzene rings is 1. The number of aromatic nitrogens is 2. The van der Waals surface area contributed by atoms with Crippen LogP contribution in [0.3, 0.4) is 0 Å². The molecule has 0 unspecified atom stereocenters. The van der Waals surface area contributed by atoms with Gasteiger partial charge >= 0.3 is 0 Å². The molecule has 0 aliphatic rings. The van der Waals surface area contributed by atoms with Crippen LogP contribution in [0.1, 0.15) is 25.1 Å². The number of nitrogens with one attached hydrogen (secondary N) is 1. The van der Waals surface area contributed by atoms with Gasteiger partial charge in [0, 0.05) is 12.6 Å². The van der Waals surface area contributed by atoms with E-state index in [1.807, 2.05) is 42.5 Å². The maximum atomic E-state index is 5.53. The molecule has 0 fully saturated rings. The third-order valence-electron chi connectivity index (χ3n) is 2.81. The second kappa shape index (κ2) is 8.17. The maximum absolute atomic E-state index is 5.53. The first-order chi connectivity index (χ1) is 10.2. The molecular formula is C17H21N3O. The van der Waals surface area contributed by atoms with Crippen molar-refractivity contribution in [1.82, 2.24) is 15.3 Å². The summed E-state index contributed by atoms with van der Waals surface area (Å²) in [6.07, 6.45) is 7.39. The van der Waals surface area contributed by atoms with Gasteiger partial charge in [0.2, 0.25) is 5.88 Å². The van der Waals surface area contributed by atoms with Gasteiger partial charge in [-0.3, -0.25) is 4.98 Å². The first-order valence-electron chi connectivity index (χ1n) is 7.13. The van der Waals surface area contributed by atoms with Crippen LogP contribution < -0.4 is 10.1 Å². The van der Waals surface area contributed by atoms with E-state index in [4.69, 9.17) is 4.74 Å². The Kier molecular flexibility index (Phi) is 5.91. The quantitative estimate of drug-likeness (QED) is 0.848. The van der Waals surface area contributed by atoms with Crippen molar-refractivity contribution in [2.45, 2.75) is 26.4 Å². The van der Waals surface area contributed by atoms with E-state index in [0.717, 1.165) is 17.8 Å². The molecule has 0 bridgehead atoms. The molecule has 4 heteroatoms. The number of hydrogen-bond acceptors (Lipinski definition) is 4. The molecule has 2 rings (SSSR count). The molecule has 110 valence electrons. The Balaban J connectivity index is 1.77. The molecule has 0 radical (unpaired) electrons. The Morgan fingerprint density at radius 2 is 1.95 bits per heavy atom. The van der Waals surface area contributed by atoms with Crippen LogP contribution in [0.4, 0.5) is 0 Å². The Labute approximate surface area is 125 Å². The first kappa shape index (κ1) is 15.2. The first-order valence-corrected chi connectivity index (χ1v) is 7.13. The highest BCUT2D eigenvalue weighted by atomic mass is 16.5. The smallest absolute Gasteiger partial charge is 0.232 e. The van der Waals surface area contributed by atoms with Gasteiger partial charge in [0.25, 0.3) is 0 Å². The molecule has 0 saturated carbocycles. The maximum Gasteiger partial charge on any atom is 0.232 e. The largest absolute Gasteiger partial charge is 0.472 e. The van der Waals surface area contributed by atoms with Gasteiger partial charge < -0.3 is 10.1 Å². The summed E-state index contributed by atoms with van der Waals surface area (Å²) in [4.78, 5) is 8.56. The van der Waals surface area contributed by atoms with E-state index >= 15 is 0 Å². The highest BCUT2D eigenvalue weighted by Crippen LogP contribution is 2.05. The molecule has 0 aliphatic heterocycles. The predicted molar refractivity (Wildman–Crippen MR) is 85.0 cm³/mol. The van der Waals surface area contributed by atoms with Crippen LogP contribution in [0.25, 0.3) is 6.08 Å². The zero-order valence-corrected chi connectivity index (χ0v) is 12.5. The van der Waals surface area contributed by atoms with Crippen molar-refractivity contribution in [3.63, 3.8) is 0 Å². The lowest BCUT2D eigenvalue weighted by molar-refractivity contribution is 0.346. The van der Waals surface area contributed by atoms with E-state index in [0.29, 0.717) is 18.5 Å². The number of nitrogens with zero attached hydrogens (tertiary/aromatic N) is 2. The van der Waals surface area contributed by atoms with Crippen molar-refractivity contribution in [2.75, 3.05) is 6.61 Å². The van der Waals surface area contributed by atoms with E-state index < -0.39 is 0 Å². The van der Waals surface area contributed by atoms with E-state index in [1.54, 1.807) is 12.4 Å². The van der Waals surface area contributed by atoms with Crippen LogP contribution in [0.2, 0.25) is 0 Å². The molecule has 1 N–H and O–H groups in total. The second-order valence-electron chi connectivity index (χ2n) is 5.01. The molecule has 21 heavy (non-hydrogen) atoms.